The van der Waals surface area contributed by atoms with Crippen LogP contribution in [0.3, 0.4) is 0 Å². The molecule has 0 spiro atoms. The van der Waals surface area contributed by atoms with Crippen molar-refractivity contribution in [3.8, 4) is 5.75 Å². The molecule has 1 aliphatic rings. The number of nitrogens with zero attached hydrogens (tertiary/aromatic N) is 1. The zero-order chi connectivity index (χ0) is 17.8. The number of carbonyl (C=O) groups excluding carboxylic acids is 1. The third-order valence-corrected chi connectivity index (χ3v) is 4.71. The molecule has 25 heavy (non-hydrogen) atoms. The second-order valence-corrected chi connectivity index (χ2v) is 6.55. The van der Waals surface area contributed by atoms with Crippen molar-refractivity contribution < 1.29 is 9.53 Å². The van der Waals surface area contributed by atoms with Crippen molar-refractivity contribution in [2.75, 3.05) is 17.7 Å². The summed E-state index contributed by atoms with van der Waals surface area (Å²) < 4.78 is 5.53. The molecule has 2 heterocycles. The summed E-state index contributed by atoms with van der Waals surface area (Å²) in [5.41, 5.74) is 1.11. The molecule has 0 saturated carbocycles. The van der Waals surface area contributed by atoms with Crippen LogP contribution in [0, 0.1) is 0 Å². The average molecular weight is 357 g/mol. The first-order valence-electron chi connectivity index (χ1n) is 8.03. The van der Waals surface area contributed by atoms with Crippen LogP contribution in [0.5, 0.6) is 5.75 Å². The zero-order valence-electron chi connectivity index (χ0n) is 13.9. The van der Waals surface area contributed by atoms with Crippen LogP contribution in [-0.2, 0) is 4.79 Å². The average Bonchev–Trinajstić information content (AvgIpc) is 2.59. The summed E-state index contributed by atoms with van der Waals surface area (Å²) in [6, 6.07) is 7.49. The Morgan fingerprint density at radius 3 is 3.04 bits per heavy atom. The molecule has 0 fully saturated rings. The molecule has 3 rings (SSSR count). The van der Waals surface area contributed by atoms with Crippen LogP contribution >= 0.6 is 11.8 Å². The third-order valence-electron chi connectivity index (χ3n) is 3.84. The van der Waals surface area contributed by atoms with Crippen molar-refractivity contribution in [1.29, 1.82) is 0 Å². The van der Waals surface area contributed by atoms with Crippen LogP contribution in [0.25, 0.3) is 0 Å². The van der Waals surface area contributed by atoms with Gasteiger partial charge < -0.3 is 15.0 Å². The number of nitrogens with one attached hydrogen (secondary N) is 2. The summed E-state index contributed by atoms with van der Waals surface area (Å²) in [4.78, 5) is 32.0. The lowest BCUT2D eigenvalue weighted by atomic mass is 9.87. The van der Waals surface area contributed by atoms with Crippen LogP contribution in [0.2, 0.25) is 0 Å². The molecule has 0 unspecified atom stereocenters. The van der Waals surface area contributed by atoms with E-state index < -0.39 is 0 Å². The Hall–Kier alpha value is -2.54. The molecule has 2 aromatic rings. The molecule has 1 amide bonds. The summed E-state index contributed by atoms with van der Waals surface area (Å²) in [6.07, 6.45) is 1.93. The van der Waals surface area contributed by atoms with E-state index in [2.05, 4.69) is 21.9 Å². The summed E-state index contributed by atoms with van der Waals surface area (Å²) in [7, 11) is 0. The molecule has 7 heteroatoms. The number of thioether (sulfide) groups is 1. The van der Waals surface area contributed by atoms with Gasteiger partial charge in [0.25, 0.3) is 5.56 Å². The monoisotopic (exact) mass is 357 g/mol. The number of anilines is 1. The molecule has 1 aromatic heterocycles. The van der Waals surface area contributed by atoms with Gasteiger partial charge in [0, 0.05) is 18.1 Å². The lowest BCUT2D eigenvalue weighted by molar-refractivity contribution is -0.116. The third kappa shape index (κ3) is 3.76. The highest BCUT2D eigenvalue weighted by Gasteiger charge is 2.31. The maximum Gasteiger partial charge on any atom is 0.257 e. The summed E-state index contributed by atoms with van der Waals surface area (Å²) in [5.74, 6) is 1.17. The quantitative estimate of drug-likeness (QED) is 0.472. The standard InChI is InChI=1S/C18H19N3O3S/c1-3-8-25-18-20-16-15(17(23)21-18)13(10-14(22)19-16)11-6-5-7-12(9-11)24-4-2/h3,5-7,9,13H,1,4,8,10H2,2H3,(H2,19,20,21,22,23)/t13-/m0/s1. The van der Waals surface area contributed by atoms with E-state index in [4.69, 9.17) is 4.74 Å². The summed E-state index contributed by atoms with van der Waals surface area (Å²) in [6.45, 7) is 6.11. The van der Waals surface area contributed by atoms with Crippen molar-refractivity contribution in [2.45, 2.75) is 24.4 Å². The fraction of sp³-hybridized carbons (Fsp3) is 0.278. The van der Waals surface area contributed by atoms with Gasteiger partial charge in [0.15, 0.2) is 5.16 Å². The minimum atomic E-state index is -0.348. The molecule has 0 aliphatic carbocycles. The minimum Gasteiger partial charge on any atom is -0.494 e. The largest absolute Gasteiger partial charge is 0.494 e. The Balaban J connectivity index is 2.04. The first-order valence-corrected chi connectivity index (χ1v) is 9.01. The lowest BCUT2D eigenvalue weighted by Crippen LogP contribution is -2.31. The number of hydrogen-bond acceptors (Lipinski definition) is 5. The van der Waals surface area contributed by atoms with Gasteiger partial charge in [-0.2, -0.15) is 0 Å². The first-order chi connectivity index (χ1) is 12.1. The van der Waals surface area contributed by atoms with Crippen molar-refractivity contribution in [2.24, 2.45) is 0 Å². The second-order valence-electron chi connectivity index (χ2n) is 5.54. The van der Waals surface area contributed by atoms with E-state index in [1.807, 2.05) is 31.2 Å². The van der Waals surface area contributed by atoms with E-state index >= 15 is 0 Å². The first kappa shape index (κ1) is 17.3. The van der Waals surface area contributed by atoms with Gasteiger partial charge in [0.05, 0.1) is 12.2 Å². The Kier molecular flexibility index (Phi) is 5.23. The van der Waals surface area contributed by atoms with Crippen molar-refractivity contribution in [3.05, 3.63) is 58.4 Å². The maximum absolute atomic E-state index is 12.6. The predicted molar refractivity (Wildman–Crippen MR) is 98.5 cm³/mol. The van der Waals surface area contributed by atoms with Gasteiger partial charge >= 0.3 is 0 Å². The number of fused-ring (bicyclic) bond motifs is 1. The molecule has 0 saturated heterocycles. The topological polar surface area (TPSA) is 84.1 Å². The number of H-pyrrole nitrogens is 1. The van der Waals surface area contributed by atoms with E-state index in [0.717, 1.165) is 11.3 Å². The molecule has 1 aliphatic heterocycles. The lowest BCUT2D eigenvalue weighted by Gasteiger charge is -2.24. The maximum atomic E-state index is 12.6. The van der Waals surface area contributed by atoms with Gasteiger partial charge in [-0.15, -0.1) is 6.58 Å². The number of hydrogen-bond donors (Lipinski definition) is 2. The number of rotatable bonds is 6. The molecule has 0 radical (unpaired) electrons. The van der Waals surface area contributed by atoms with Gasteiger partial charge in [0.1, 0.15) is 11.6 Å². The van der Waals surface area contributed by atoms with Gasteiger partial charge in [0.2, 0.25) is 5.91 Å². The van der Waals surface area contributed by atoms with E-state index in [1.165, 1.54) is 11.8 Å². The van der Waals surface area contributed by atoms with Crippen LogP contribution in [-0.4, -0.2) is 28.2 Å². The van der Waals surface area contributed by atoms with Crippen LogP contribution < -0.4 is 15.6 Å². The Bertz CT molecular complexity index is 863. The highest BCUT2D eigenvalue weighted by molar-refractivity contribution is 7.99. The van der Waals surface area contributed by atoms with E-state index in [9.17, 15) is 9.59 Å². The zero-order valence-corrected chi connectivity index (χ0v) is 14.7. The number of ether oxygens (including phenoxy) is 1. The molecule has 1 aromatic carbocycles. The van der Waals surface area contributed by atoms with Gasteiger partial charge in [-0.1, -0.05) is 30.0 Å². The van der Waals surface area contributed by atoms with Crippen molar-refractivity contribution in [1.82, 2.24) is 9.97 Å². The number of benzene rings is 1. The molecular weight excluding hydrogens is 338 g/mol. The van der Waals surface area contributed by atoms with Gasteiger partial charge in [-0.25, -0.2) is 4.98 Å². The highest BCUT2D eigenvalue weighted by atomic mass is 32.2. The van der Waals surface area contributed by atoms with E-state index in [0.29, 0.717) is 28.9 Å². The van der Waals surface area contributed by atoms with E-state index in [1.54, 1.807) is 6.08 Å². The van der Waals surface area contributed by atoms with Crippen molar-refractivity contribution in [3.63, 3.8) is 0 Å². The van der Waals surface area contributed by atoms with Crippen molar-refractivity contribution >= 4 is 23.5 Å². The molecule has 130 valence electrons. The number of aromatic nitrogens is 2. The molecule has 0 bridgehead atoms. The molecular formula is C18H19N3O3S. The smallest absolute Gasteiger partial charge is 0.257 e. The fourth-order valence-electron chi connectivity index (χ4n) is 2.83. The highest BCUT2D eigenvalue weighted by Crippen LogP contribution is 2.35. The second kappa shape index (κ2) is 7.57. The Morgan fingerprint density at radius 2 is 2.28 bits per heavy atom. The number of amides is 1. The number of carbonyl (C=O) groups is 1. The fourth-order valence-corrected chi connectivity index (χ4v) is 3.43. The number of aromatic amines is 1. The normalized spacial score (nSPS) is 16.0. The van der Waals surface area contributed by atoms with E-state index in [-0.39, 0.29) is 23.8 Å². The molecule has 2 N–H and O–H groups in total. The summed E-state index contributed by atoms with van der Waals surface area (Å²) >= 11 is 1.36. The van der Waals surface area contributed by atoms with Crippen LogP contribution in [0.4, 0.5) is 5.82 Å². The molecule has 6 nitrogen and oxygen atoms in total. The van der Waals surface area contributed by atoms with Gasteiger partial charge in [-0.05, 0) is 24.6 Å². The predicted octanol–water partition coefficient (Wildman–Crippen LogP) is 2.92. The van der Waals surface area contributed by atoms with Crippen LogP contribution in [0.1, 0.15) is 30.4 Å². The minimum absolute atomic E-state index is 0.155. The summed E-state index contributed by atoms with van der Waals surface area (Å²) in [5, 5.41) is 3.18. The Morgan fingerprint density at radius 1 is 1.44 bits per heavy atom. The SMILES string of the molecule is C=CCSc1nc2c(c(=O)[nH]1)[C@H](c1cccc(OCC)c1)CC(=O)N2. The Labute approximate surface area is 149 Å². The molecule has 1 atom stereocenters. The van der Waals surface area contributed by atoms with Crippen LogP contribution in [0.15, 0.2) is 46.9 Å². The van der Waals surface area contributed by atoms with Gasteiger partial charge in [-0.3, -0.25) is 9.59 Å².